The number of hydrogen-bond acceptors (Lipinski definition) is 6. The average Bonchev–Trinajstić information content (AvgIpc) is 3.18. The minimum absolute atomic E-state index is 0.0394. The number of amides is 1. The second-order valence-corrected chi connectivity index (χ2v) is 7.95. The molecule has 2 N–H and O–H groups in total. The Kier molecular flexibility index (Phi) is 5.15. The molecule has 0 saturated carbocycles. The van der Waals surface area contributed by atoms with Crippen molar-refractivity contribution in [1.29, 1.82) is 0 Å². The molecule has 3 heterocycles. The van der Waals surface area contributed by atoms with Crippen LogP contribution in [0.4, 0.5) is 8.78 Å². The Morgan fingerprint density at radius 3 is 2.86 bits per heavy atom. The van der Waals surface area contributed by atoms with Gasteiger partial charge in [-0.15, -0.1) is 8.78 Å². The maximum absolute atomic E-state index is 13.3. The van der Waals surface area contributed by atoms with Gasteiger partial charge in [-0.3, -0.25) is 10.2 Å². The lowest BCUT2D eigenvalue weighted by molar-refractivity contribution is -0.286. The van der Waals surface area contributed by atoms with E-state index in [1.807, 2.05) is 19.0 Å². The van der Waals surface area contributed by atoms with Gasteiger partial charge >= 0.3 is 6.29 Å². The Morgan fingerprint density at radius 2 is 2.07 bits per heavy atom. The first-order valence-corrected chi connectivity index (χ1v) is 9.66. The van der Waals surface area contributed by atoms with Gasteiger partial charge < -0.3 is 19.3 Å². The molecule has 3 unspecified atom stereocenters. The Morgan fingerprint density at radius 1 is 1.29 bits per heavy atom. The van der Waals surface area contributed by atoms with E-state index < -0.39 is 6.29 Å². The zero-order valence-electron chi connectivity index (χ0n) is 16.1. The third-order valence-electron chi connectivity index (χ3n) is 5.64. The van der Waals surface area contributed by atoms with Crippen molar-refractivity contribution in [1.82, 2.24) is 20.7 Å². The van der Waals surface area contributed by atoms with Gasteiger partial charge in [0.25, 0.3) is 0 Å². The SMILES string of the molecule is CN(C)CCCC(=O)N1CCC2NNC(c3ccc4c(c3)OC(F)(F)O4)C2C1. The molecule has 2 saturated heterocycles. The van der Waals surface area contributed by atoms with E-state index in [-0.39, 0.29) is 35.4 Å². The standard InChI is InChI=1S/C19H26F2N4O3/c1-24(2)8-3-4-17(26)25-9-7-14-13(11-25)18(23-22-14)12-5-6-15-16(10-12)28-19(20,21)27-15/h5-6,10,13-14,18,22-23H,3-4,7-9,11H2,1-2H3. The summed E-state index contributed by atoms with van der Waals surface area (Å²) < 4.78 is 35.6. The molecule has 0 bridgehead atoms. The fraction of sp³-hybridized carbons (Fsp3) is 0.632. The van der Waals surface area contributed by atoms with Crippen molar-refractivity contribution >= 4 is 5.91 Å². The highest BCUT2D eigenvalue weighted by molar-refractivity contribution is 5.76. The van der Waals surface area contributed by atoms with E-state index in [0.29, 0.717) is 13.0 Å². The highest BCUT2D eigenvalue weighted by Crippen LogP contribution is 2.44. The highest BCUT2D eigenvalue weighted by Gasteiger charge is 2.45. The number of benzene rings is 1. The minimum Gasteiger partial charge on any atom is -0.395 e. The number of halogens is 2. The van der Waals surface area contributed by atoms with Crippen molar-refractivity contribution in [2.75, 3.05) is 33.7 Å². The summed E-state index contributed by atoms with van der Waals surface area (Å²) in [5.74, 6) is 0.418. The summed E-state index contributed by atoms with van der Waals surface area (Å²) in [4.78, 5) is 16.6. The van der Waals surface area contributed by atoms with Crippen molar-refractivity contribution in [2.24, 2.45) is 5.92 Å². The molecule has 7 nitrogen and oxygen atoms in total. The van der Waals surface area contributed by atoms with Crippen LogP contribution in [0, 0.1) is 5.92 Å². The predicted octanol–water partition coefficient (Wildman–Crippen LogP) is 1.72. The Hall–Kier alpha value is -1.97. The summed E-state index contributed by atoms with van der Waals surface area (Å²) in [7, 11) is 4.00. The van der Waals surface area contributed by atoms with Gasteiger partial charge in [0.2, 0.25) is 5.91 Å². The van der Waals surface area contributed by atoms with Gasteiger partial charge in [0.1, 0.15) is 0 Å². The molecule has 1 aromatic carbocycles. The van der Waals surface area contributed by atoms with Gasteiger partial charge in [-0.05, 0) is 51.2 Å². The number of ether oxygens (including phenoxy) is 2. The van der Waals surface area contributed by atoms with Gasteiger partial charge in [-0.25, -0.2) is 5.43 Å². The molecule has 3 atom stereocenters. The van der Waals surface area contributed by atoms with Crippen LogP contribution < -0.4 is 20.3 Å². The zero-order valence-corrected chi connectivity index (χ0v) is 16.1. The number of carbonyl (C=O) groups is 1. The molecule has 0 radical (unpaired) electrons. The summed E-state index contributed by atoms with van der Waals surface area (Å²) in [5.41, 5.74) is 7.39. The lowest BCUT2D eigenvalue weighted by Crippen LogP contribution is -2.47. The molecule has 3 aliphatic rings. The van der Waals surface area contributed by atoms with Crippen molar-refractivity contribution in [3.8, 4) is 11.5 Å². The van der Waals surface area contributed by atoms with Crippen LogP contribution in [0.5, 0.6) is 11.5 Å². The molecule has 1 amide bonds. The molecule has 2 fully saturated rings. The van der Waals surface area contributed by atoms with Crippen LogP contribution in [0.25, 0.3) is 0 Å². The number of carbonyl (C=O) groups excluding carboxylic acids is 1. The Bertz CT molecular complexity index is 746. The second-order valence-electron chi connectivity index (χ2n) is 7.95. The number of hydrazine groups is 1. The van der Waals surface area contributed by atoms with Crippen LogP contribution in [-0.4, -0.2) is 61.8 Å². The first-order chi connectivity index (χ1) is 13.3. The van der Waals surface area contributed by atoms with E-state index in [1.54, 1.807) is 12.1 Å². The van der Waals surface area contributed by atoms with Crippen LogP contribution in [0.15, 0.2) is 18.2 Å². The van der Waals surface area contributed by atoms with Crippen LogP contribution in [0.2, 0.25) is 0 Å². The van der Waals surface area contributed by atoms with E-state index in [4.69, 9.17) is 0 Å². The number of likely N-dealkylation sites (tertiary alicyclic amines) is 1. The molecule has 0 aromatic heterocycles. The molecule has 0 spiro atoms. The first kappa shape index (κ1) is 19.4. The summed E-state index contributed by atoms with van der Waals surface area (Å²) >= 11 is 0. The summed E-state index contributed by atoms with van der Waals surface area (Å²) in [6, 6.07) is 5.01. The van der Waals surface area contributed by atoms with Gasteiger partial charge in [0.05, 0.1) is 6.04 Å². The molecule has 9 heteroatoms. The molecule has 154 valence electrons. The van der Waals surface area contributed by atoms with Crippen molar-refractivity contribution in [3.05, 3.63) is 23.8 Å². The number of nitrogens with one attached hydrogen (secondary N) is 2. The molecule has 4 rings (SSSR count). The molecular weight excluding hydrogens is 370 g/mol. The smallest absolute Gasteiger partial charge is 0.395 e. The maximum Gasteiger partial charge on any atom is 0.586 e. The number of fused-ring (bicyclic) bond motifs is 2. The minimum atomic E-state index is -3.62. The third-order valence-corrected chi connectivity index (χ3v) is 5.64. The fourth-order valence-corrected chi connectivity index (χ4v) is 4.22. The number of nitrogens with zero attached hydrogens (tertiary/aromatic N) is 2. The van der Waals surface area contributed by atoms with Crippen molar-refractivity contribution < 1.29 is 23.0 Å². The van der Waals surface area contributed by atoms with Crippen LogP contribution in [-0.2, 0) is 4.79 Å². The highest BCUT2D eigenvalue weighted by atomic mass is 19.3. The molecule has 1 aromatic rings. The van der Waals surface area contributed by atoms with Crippen molar-refractivity contribution in [2.45, 2.75) is 37.6 Å². The Balaban J connectivity index is 1.43. The largest absolute Gasteiger partial charge is 0.586 e. The van der Waals surface area contributed by atoms with Gasteiger partial charge in [0, 0.05) is 31.5 Å². The van der Waals surface area contributed by atoms with E-state index in [1.165, 1.54) is 6.07 Å². The number of rotatable bonds is 5. The zero-order chi connectivity index (χ0) is 19.9. The van der Waals surface area contributed by atoms with E-state index in [9.17, 15) is 13.6 Å². The lowest BCUT2D eigenvalue weighted by Gasteiger charge is -2.36. The second kappa shape index (κ2) is 7.46. The fourth-order valence-electron chi connectivity index (χ4n) is 4.22. The molecular formula is C19H26F2N4O3. The van der Waals surface area contributed by atoms with E-state index >= 15 is 0 Å². The van der Waals surface area contributed by atoms with Crippen LogP contribution >= 0.6 is 0 Å². The number of alkyl halides is 2. The van der Waals surface area contributed by atoms with Crippen LogP contribution in [0.3, 0.4) is 0 Å². The quantitative estimate of drug-likeness (QED) is 0.790. The topological polar surface area (TPSA) is 66.1 Å². The van der Waals surface area contributed by atoms with Gasteiger partial charge in [-0.1, -0.05) is 6.07 Å². The molecule has 28 heavy (non-hydrogen) atoms. The van der Waals surface area contributed by atoms with Crippen LogP contribution in [0.1, 0.15) is 30.9 Å². The average molecular weight is 396 g/mol. The lowest BCUT2D eigenvalue weighted by atomic mass is 9.85. The maximum atomic E-state index is 13.3. The number of hydrogen-bond donors (Lipinski definition) is 2. The van der Waals surface area contributed by atoms with E-state index in [2.05, 4.69) is 25.2 Å². The summed E-state index contributed by atoms with van der Waals surface area (Å²) in [6.07, 6.45) is -1.38. The Labute approximate surface area is 162 Å². The van der Waals surface area contributed by atoms with Crippen molar-refractivity contribution in [3.63, 3.8) is 0 Å². The number of piperidine rings is 1. The molecule has 0 aliphatic carbocycles. The third kappa shape index (κ3) is 3.92. The normalized spacial score (nSPS) is 27.9. The summed E-state index contributed by atoms with van der Waals surface area (Å²) in [5, 5.41) is 0. The molecule has 3 aliphatic heterocycles. The summed E-state index contributed by atoms with van der Waals surface area (Å²) in [6.45, 7) is 2.26. The monoisotopic (exact) mass is 396 g/mol. The van der Waals surface area contributed by atoms with Gasteiger partial charge in [0.15, 0.2) is 11.5 Å². The predicted molar refractivity (Wildman–Crippen MR) is 97.9 cm³/mol. The van der Waals surface area contributed by atoms with E-state index in [0.717, 1.165) is 31.5 Å². The van der Waals surface area contributed by atoms with Gasteiger partial charge in [-0.2, -0.15) is 0 Å². The first-order valence-electron chi connectivity index (χ1n) is 9.66.